The van der Waals surface area contributed by atoms with Gasteiger partial charge in [-0.15, -0.1) is 0 Å². The van der Waals surface area contributed by atoms with Crippen molar-refractivity contribution in [1.29, 1.82) is 0 Å². The molecule has 0 radical (unpaired) electrons. The van der Waals surface area contributed by atoms with Gasteiger partial charge >= 0.3 is 0 Å². The Morgan fingerprint density at radius 3 is 2.75 bits per heavy atom. The van der Waals surface area contributed by atoms with Gasteiger partial charge in [0.25, 0.3) is 0 Å². The molecule has 4 atom stereocenters. The van der Waals surface area contributed by atoms with E-state index in [1.165, 1.54) is 24.0 Å². The monoisotopic (exact) mass is 270 g/mol. The van der Waals surface area contributed by atoms with Crippen molar-refractivity contribution in [3.05, 3.63) is 35.4 Å². The lowest BCUT2D eigenvalue weighted by molar-refractivity contribution is -0.126. The van der Waals surface area contributed by atoms with E-state index in [-0.39, 0.29) is 11.8 Å². The number of benzene rings is 1. The maximum Gasteiger partial charge on any atom is 0.224 e. The standard InChI is InChI=1S/C17H22N2O/c20-17(15-10-14-7-8-16(15)18-14)19-13-6-5-11-3-1-2-4-12(11)9-13/h1-4,13-16,18H,5-10H2,(H,19,20). The summed E-state index contributed by atoms with van der Waals surface area (Å²) < 4.78 is 0. The third-order valence-electron chi connectivity index (χ3n) is 5.33. The van der Waals surface area contributed by atoms with Crippen LogP contribution in [0.15, 0.2) is 24.3 Å². The highest BCUT2D eigenvalue weighted by molar-refractivity contribution is 5.80. The number of rotatable bonds is 2. The molecule has 2 fully saturated rings. The highest BCUT2D eigenvalue weighted by Crippen LogP contribution is 2.33. The number of hydrogen-bond acceptors (Lipinski definition) is 2. The zero-order chi connectivity index (χ0) is 13.5. The van der Waals surface area contributed by atoms with Gasteiger partial charge in [0.1, 0.15) is 0 Å². The summed E-state index contributed by atoms with van der Waals surface area (Å²) in [5, 5.41) is 6.86. The van der Waals surface area contributed by atoms with Gasteiger partial charge in [0.15, 0.2) is 0 Å². The van der Waals surface area contributed by atoms with Crippen LogP contribution in [0.25, 0.3) is 0 Å². The number of carbonyl (C=O) groups is 1. The summed E-state index contributed by atoms with van der Waals surface area (Å²) in [5.74, 6) is 0.500. The van der Waals surface area contributed by atoms with Crippen molar-refractivity contribution in [3.8, 4) is 0 Å². The van der Waals surface area contributed by atoms with E-state index in [1.807, 2.05) is 0 Å². The van der Waals surface area contributed by atoms with E-state index in [2.05, 4.69) is 34.9 Å². The maximum atomic E-state index is 12.5. The topological polar surface area (TPSA) is 41.1 Å². The van der Waals surface area contributed by atoms with E-state index >= 15 is 0 Å². The molecular weight excluding hydrogens is 248 g/mol. The van der Waals surface area contributed by atoms with Crippen molar-refractivity contribution in [3.63, 3.8) is 0 Å². The summed E-state index contributed by atoms with van der Waals surface area (Å²) in [6.07, 6.45) is 6.64. The minimum Gasteiger partial charge on any atom is -0.353 e. The fourth-order valence-electron chi connectivity index (χ4n) is 4.24. The molecule has 0 spiro atoms. The van der Waals surface area contributed by atoms with Gasteiger partial charge in [0.05, 0.1) is 5.92 Å². The van der Waals surface area contributed by atoms with E-state index in [0.29, 0.717) is 18.1 Å². The Balaban J connectivity index is 1.39. The average molecular weight is 270 g/mol. The van der Waals surface area contributed by atoms with Crippen molar-refractivity contribution in [2.75, 3.05) is 0 Å². The van der Waals surface area contributed by atoms with Crippen LogP contribution in [0.1, 0.15) is 36.8 Å². The molecule has 1 amide bonds. The van der Waals surface area contributed by atoms with Crippen LogP contribution in [0.2, 0.25) is 0 Å². The molecule has 106 valence electrons. The molecule has 2 aliphatic heterocycles. The average Bonchev–Trinajstić information content (AvgIpc) is 3.10. The molecule has 0 aromatic heterocycles. The number of fused-ring (bicyclic) bond motifs is 3. The number of hydrogen-bond donors (Lipinski definition) is 2. The van der Waals surface area contributed by atoms with E-state index in [4.69, 9.17) is 0 Å². The van der Waals surface area contributed by atoms with Gasteiger partial charge in [-0.05, 0) is 49.7 Å². The first-order valence-corrected chi connectivity index (χ1v) is 7.93. The predicted molar refractivity (Wildman–Crippen MR) is 78.5 cm³/mol. The predicted octanol–water partition coefficient (Wildman–Crippen LogP) is 1.80. The van der Waals surface area contributed by atoms with Crippen LogP contribution in [0, 0.1) is 5.92 Å². The SMILES string of the molecule is O=C(NC1CCc2ccccc2C1)C1CC2CCC1N2. The van der Waals surface area contributed by atoms with Gasteiger partial charge in [0.2, 0.25) is 5.91 Å². The maximum absolute atomic E-state index is 12.5. The summed E-state index contributed by atoms with van der Waals surface area (Å²) in [4.78, 5) is 12.5. The second kappa shape index (κ2) is 4.88. The van der Waals surface area contributed by atoms with Crippen LogP contribution in [0.5, 0.6) is 0 Å². The Morgan fingerprint density at radius 1 is 1.15 bits per heavy atom. The summed E-state index contributed by atoms with van der Waals surface area (Å²) in [7, 11) is 0. The van der Waals surface area contributed by atoms with Crippen LogP contribution < -0.4 is 10.6 Å². The van der Waals surface area contributed by atoms with Gasteiger partial charge in [-0.2, -0.15) is 0 Å². The Morgan fingerprint density at radius 2 is 2.00 bits per heavy atom. The van der Waals surface area contributed by atoms with Crippen molar-refractivity contribution in [2.45, 2.75) is 56.7 Å². The Labute approximate surface area is 120 Å². The Hall–Kier alpha value is -1.35. The molecule has 3 heteroatoms. The minimum absolute atomic E-state index is 0.214. The van der Waals surface area contributed by atoms with Crippen molar-refractivity contribution in [1.82, 2.24) is 10.6 Å². The van der Waals surface area contributed by atoms with Gasteiger partial charge in [-0.1, -0.05) is 24.3 Å². The summed E-state index contributed by atoms with van der Waals surface area (Å²) in [6.45, 7) is 0. The zero-order valence-electron chi connectivity index (χ0n) is 11.8. The third-order valence-corrected chi connectivity index (χ3v) is 5.33. The first-order valence-electron chi connectivity index (χ1n) is 7.93. The summed E-state index contributed by atoms with van der Waals surface area (Å²) in [6, 6.07) is 10.00. The molecule has 1 aliphatic carbocycles. The lowest BCUT2D eigenvalue weighted by Gasteiger charge is -2.28. The lowest BCUT2D eigenvalue weighted by Crippen LogP contribution is -2.44. The molecule has 2 N–H and O–H groups in total. The number of carbonyl (C=O) groups excluding carboxylic acids is 1. The van der Waals surface area contributed by atoms with Crippen LogP contribution in [-0.4, -0.2) is 24.0 Å². The molecule has 3 aliphatic rings. The highest BCUT2D eigenvalue weighted by Gasteiger charge is 2.43. The van der Waals surface area contributed by atoms with Crippen LogP contribution in [0.4, 0.5) is 0 Å². The number of nitrogens with one attached hydrogen (secondary N) is 2. The minimum atomic E-state index is 0.214. The Bertz CT molecular complexity index is 527. The zero-order valence-corrected chi connectivity index (χ0v) is 11.8. The normalized spacial score (nSPS) is 34.8. The summed E-state index contributed by atoms with van der Waals surface area (Å²) >= 11 is 0. The van der Waals surface area contributed by atoms with Crippen molar-refractivity contribution >= 4 is 5.91 Å². The molecule has 1 aromatic carbocycles. The first kappa shape index (κ1) is 12.4. The fraction of sp³-hybridized carbons (Fsp3) is 0.588. The highest BCUT2D eigenvalue weighted by atomic mass is 16.2. The third kappa shape index (κ3) is 2.14. The quantitative estimate of drug-likeness (QED) is 0.860. The molecule has 3 nitrogen and oxygen atoms in total. The number of amides is 1. The van der Waals surface area contributed by atoms with E-state index in [1.54, 1.807) is 0 Å². The molecule has 2 heterocycles. The van der Waals surface area contributed by atoms with Crippen LogP contribution >= 0.6 is 0 Å². The van der Waals surface area contributed by atoms with Gasteiger partial charge < -0.3 is 10.6 Å². The Kier molecular flexibility index (Phi) is 3.03. The second-order valence-corrected chi connectivity index (χ2v) is 6.61. The van der Waals surface area contributed by atoms with Crippen LogP contribution in [-0.2, 0) is 17.6 Å². The van der Waals surface area contributed by atoms with Crippen molar-refractivity contribution < 1.29 is 4.79 Å². The van der Waals surface area contributed by atoms with Crippen molar-refractivity contribution in [2.24, 2.45) is 5.92 Å². The van der Waals surface area contributed by atoms with Gasteiger partial charge in [-0.25, -0.2) is 0 Å². The molecule has 2 bridgehead atoms. The molecule has 0 saturated carbocycles. The van der Waals surface area contributed by atoms with E-state index in [0.717, 1.165) is 25.7 Å². The summed E-state index contributed by atoms with van der Waals surface area (Å²) in [5.41, 5.74) is 2.87. The molecule has 2 saturated heterocycles. The largest absolute Gasteiger partial charge is 0.353 e. The molecule has 20 heavy (non-hydrogen) atoms. The van der Waals surface area contributed by atoms with E-state index < -0.39 is 0 Å². The first-order chi connectivity index (χ1) is 9.79. The fourth-order valence-corrected chi connectivity index (χ4v) is 4.24. The molecule has 4 rings (SSSR count). The van der Waals surface area contributed by atoms with Gasteiger partial charge in [-0.3, -0.25) is 4.79 Å². The van der Waals surface area contributed by atoms with Gasteiger partial charge in [0, 0.05) is 18.1 Å². The lowest BCUT2D eigenvalue weighted by atomic mass is 9.86. The smallest absolute Gasteiger partial charge is 0.224 e. The molecule has 4 unspecified atom stereocenters. The van der Waals surface area contributed by atoms with Crippen LogP contribution in [0.3, 0.4) is 0 Å². The molecular formula is C17H22N2O. The second-order valence-electron chi connectivity index (χ2n) is 6.61. The molecule has 1 aromatic rings. The van der Waals surface area contributed by atoms with E-state index in [9.17, 15) is 4.79 Å². The number of aryl methyl sites for hydroxylation is 1.